The van der Waals surface area contributed by atoms with Gasteiger partial charge in [0.1, 0.15) is 5.01 Å². The van der Waals surface area contributed by atoms with Crippen molar-refractivity contribution in [3.05, 3.63) is 84.9 Å². The van der Waals surface area contributed by atoms with E-state index >= 15 is 0 Å². The Morgan fingerprint density at radius 3 is 1.74 bits per heavy atom. The van der Waals surface area contributed by atoms with Gasteiger partial charge in [0.15, 0.2) is 5.82 Å². The Bertz CT molecular complexity index is 1620. The average Bonchev–Trinajstić information content (AvgIpc) is 3.53. The highest BCUT2D eigenvalue weighted by atomic mass is 32.1. The fraction of sp³-hybridized carbons (Fsp3) is 0. The SMILES string of the molecule is c1ccc2c(c1)sc1cccc(-c3nsc(-c4cccc5sc6ccccc6c45)n3)c12. The van der Waals surface area contributed by atoms with Crippen LogP contribution in [0.3, 0.4) is 0 Å². The highest BCUT2D eigenvalue weighted by Crippen LogP contribution is 2.42. The van der Waals surface area contributed by atoms with Gasteiger partial charge in [0, 0.05) is 51.5 Å². The van der Waals surface area contributed by atoms with Crippen molar-refractivity contribution in [3.63, 3.8) is 0 Å². The summed E-state index contributed by atoms with van der Waals surface area (Å²) in [5.41, 5.74) is 2.28. The molecule has 0 unspecified atom stereocenters. The summed E-state index contributed by atoms with van der Waals surface area (Å²) in [6.07, 6.45) is 0. The Labute approximate surface area is 190 Å². The quantitative estimate of drug-likeness (QED) is 0.263. The zero-order valence-electron chi connectivity index (χ0n) is 16.2. The van der Waals surface area contributed by atoms with Gasteiger partial charge in [-0.15, -0.1) is 22.7 Å². The molecular weight excluding hydrogens is 437 g/mol. The minimum absolute atomic E-state index is 0.811. The van der Waals surface area contributed by atoms with Crippen molar-refractivity contribution in [2.45, 2.75) is 0 Å². The topological polar surface area (TPSA) is 25.8 Å². The predicted octanol–water partition coefficient (Wildman–Crippen LogP) is 8.61. The predicted molar refractivity (Wildman–Crippen MR) is 137 cm³/mol. The van der Waals surface area contributed by atoms with Gasteiger partial charge in [-0.2, -0.15) is 4.37 Å². The normalized spacial score (nSPS) is 11.9. The number of nitrogens with zero attached hydrogens (tertiary/aromatic N) is 2. The minimum Gasteiger partial charge on any atom is -0.215 e. The van der Waals surface area contributed by atoms with E-state index in [0.717, 1.165) is 16.4 Å². The van der Waals surface area contributed by atoms with Gasteiger partial charge < -0.3 is 0 Å². The van der Waals surface area contributed by atoms with Crippen molar-refractivity contribution in [2.75, 3.05) is 0 Å². The van der Waals surface area contributed by atoms with Crippen LogP contribution < -0.4 is 0 Å². The molecule has 0 atom stereocenters. The lowest BCUT2D eigenvalue weighted by Crippen LogP contribution is -1.83. The van der Waals surface area contributed by atoms with Gasteiger partial charge in [0.25, 0.3) is 0 Å². The molecule has 0 spiro atoms. The Hall–Kier alpha value is -3.12. The van der Waals surface area contributed by atoms with E-state index in [4.69, 9.17) is 9.36 Å². The maximum Gasteiger partial charge on any atom is 0.174 e. The van der Waals surface area contributed by atoms with Crippen molar-refractivity contribution < 1.29 is 0 Å². The summed E-state index contributed by atoms with van der Waals surface area (Å²) < 4.78 is 9.99. The summed E-state index contributed by atoms with van der Waals surface area (Å²) in [6.45, 7) is 0. The molecule has 5 heteroatoms. The number of aromatic nitrogens is 2. The van der Waals surface area contributed by atoms with Gasteiger partial charge in [-0.3, -0.25) is 0 Å². The smallest absolute Gasteiger partial charge is 0.174 e. The van der Waals surface area contributed by atoms with E-state index in [1.807, 2.05) is 22.7 Å². The standard InChI is InChI=1S/C26H14N2S3/c1-3-11-19-15(7-1)23-17(9-5-13-21(23)29-19)25-27-26(31-28-25)18-10-6-14-22-24(18)16-8-2-4-12-20(16)30-22/h1-14H. The van der Waals surface area contributed by atoms with E-state index in [1.165, 1.54) is 57.4 Å². The first-order valence-corrected chi connectivity index (χ1v) is 12.4. The molecule has 0 radical (unpaired) electrons. The summed E-state index contributed by atoms with van der Waals surface area (Å²) in [5, 5.41) is 6.08. The first-order valence-electron chi connectivity index (χ1n) is 10.0. The molecule has 0 aliphatic carbocycles. The van der Waals surface area contributed by atoms with Gasteiger partial charge in [-0.05, 0) is 35.8 Å². The average molecular weight is 451 g/mol. The van der Waals surface area contributed by atoms with E-state index in [9.17, 15) is 0 Å². The van der Waals surface area contributed by atoms with E-state index in [1.54, 1.807) is 0 Å². The third-order valence-corrected chi connectivity index (χ3v) is 8.72. The van der Waals surface area contributed by atoms with Gasteiger partial charge in [-0.1, -0.05) is 60.7 Å². The van der Waals surface area contributed by atoms with Crippen molar-refractivity contribution >= 4 is 74.6 Å². The Balaban J connectivity index is 1.46. The maximum absolute atomic E-state index is 5.04. The van der Waals surface area contributed by atoms with Crippen molar-refractivity contribution in [3.8, 4) is 22.0 Å². The van der Waals surface area contributed by atoms with Crippen LogP contribution in [0.1, 0.15) is 0 Å². The third-order valence-electron chi connectivity index (χ3n) is 5.70. The van der Waals surface area contributed by atoms with Crippen LogP contribution >= 0.6 is 34.2 Å². The number of thiophene rings is 2. The largest absolute Gasteiger partial charge is 0.215 e. The molecule has 146 valence electrons. The first-order chi connectivity index (χ1) is 15.4. The van der Waals surface area contributed by atoms with Crippen molar-refractivity contribution in [2.24, 2.45) is 0 Å². The maximum atomic E-state index is 5.04. The molecule has 0 fully saturated rings. The lowest BCUT2D eigenvalue weighted by atomic mass is 10.1. The molecule has 0 N–H and O–H groups in total. The van der Waals surface area contributed by atoms with Crippen LogP contribution in [0.15, 0.2) is 84.9 Å². The van der Waals surface area contributed by atoms with Crippen LogP contribution in [-0.2, 0) is 0 Å². The zero-order valence-corrected chi connectivity index (χ0v) is 18.7. The number of fused-ring (bicyclic) bond motifs is 6. The van der Waals surface area contributed by atoms with Crippen LogP contribution in [0.2, 0.25) is 0 Å². The molecule has 0 saturated heterocycles. The van der Waals surface area contributed by atoms with Gasteiger partial charge in [0.05, 0.1) is 0 Å². The second-order valence-corrected chi connectivity index (χ2v) is 10.4. The summed E-state index contributed by atoms with van der Waals surface area (Å²) in [5.74, 6) is 0.811. The van der Waals surface area contributed by atoms with Crippen LogP contribution in [0.5, 0.6) is 0 Å². The summed E-state index contributed by atoms with van der Waals surface area (Å²) in [7, 11) is 0. The molecule has 0 bridgehead atoms. The Morgan fingerprint density at radius 1 is 0.516 bits per heavy atom. The van der Waals surface area contributed by atoms with Crippen LogP contribution in [-0.4, -0.2) is 9.36 Å². The molecule has 7 aromatic rings. The Morgan fingerprint density at radius 2 is 1.06 bits per heavy atom. The van der Waals surface area contributed by atoms with Crippen molar-refractivity contribution in [1.82, 2.24) is 9.36 Å². The lowest BCUT2D eigenvalue weighted by molar-refractivity contribution is 1.34. The summed E-state index contributed by atoms with van der Waals surface area (Å²) >= 11 is 5.15. The Kier molecular flexibility index (Phi) is 3.79. The molecular formula is C26H14N2S3. The van der Waals surface area contributed by atoms with Crippen molar-refractivity contribution in [1.29, 1.82) is 0 Å². The van der Waals surface area contributed by atoms with Gasteiger partial charge in [-0.25, -0.2) is 4.98 Å². The summed E-state index contributed by atoms with van der Waals surface area (Å²) in [6, 6.07) is 30.1. The molecule has 7 rings (SSSR count). The monoisotopic (exact) mass is 450 g/mol. The molecule has 0 aliphatic heterocycles. The minimum atomic E-state index is 0.811. The van der Waals surface area contributed by atoms with E-state index in [2.05, 4.69) is 84.9 Å². The molecule has 4 aromatic carbocycles. The second kappa shape index (κ2) is 6.69. The molecule has 3 aromatic heterocycles. The van der Waals surface area contributed by atoms with Crippen LogP contribution in [0.25, 0.3) is 62.3 Å². The number of hydrogen-bond acceptors (Lipinski definition) is 5. The van der Waals surface area contributed by atoms with E-state index in [0.29, 0.717) is 0 Å². The zero-order chi connectivity index (χ0) is 20.4. The molecule has 31 heavy (non-hydrogen) atoms. The number of hydrogen-bond donors (Lipinski definition) is 0. The van der Waals surface area contributed by atoms with Crippen LogP contribution in [0.4, 0.5) is 0 Å². The molecule has 3 heterocycles. The number of benzene rings is 4. The van der Waals surface area contributed by atoms with Gasteiger partial charge >= 0.3 is 0 Å². The molecule has 0 aliphatic rings. The highest BCUT2D eigenvalue weighted by Gasteiger charge is 2.17. The molecule has 2 nitrogen and oxygen atoms in total. The van der Waals surface area contributed by atoms with Gasteiger partial charge in [0.2, 0.25) is 0 Å². The molecule has 0 saturated carbocycles. The molecule has 0 amide bonds. The fourth-order valence-corrected chi connectivity index (χ4v) is 7.33. The van der Waals surface area contributed by atoms with Crippen LogP contribution in [0, 0.1) is 0 Å². The summed E-state index contributed by atoms with van der Waals surface area (Å²) in [4.78, 5) is 5.04. The number of rotatable bonds is 2. The fourth-order valence-electron chi connectivity index (χ4n) is 4.36. The first kappa shape index (κ1) is 17.5. The van der Waals surface area contributed by atoms with E-state index < -0.39 is 0 Å². The lowest BCUT2D eigenvalue weighted by Gasteiger charge is -2.01. The van der Waals surface area contributed by atoms with E-state index in [-0.39, 0.29) is 0 Å². The third kappa shape index (κ3) is 2.61. The second-order valence-electron chi connectivity index (χ2n) is 7.48. The highest BCUT2D eigenvalue weighted by molar-refractivity contribution is 7.26.